The number of nitrogens with one attached hydrogen (secondary N) is 2. The minimum Gasteiger partial charge on any atom is -0.481 e. The molecule has 0 spiro atoms. The summed E-state index contributed by atoms with van der Waals surface area (Å²) >= 11 is 4.60. The molecule has 0 fully saturated rings. The first-order chi connectivity index (χ1) is 21.8. The van der Waals surface area contributed by atoms with Crippen molar-refractivity contribution in [2.75, 3.05) is 22.1 Å². The Morgan fingerprint density at radius 3 is 1.82 bits per heavy atom. The number of thioether (sulfide) groups is 1. The van der Waals surface area contributed by atoms with Gasteiger partial charge < -0.3 is 20.8 Å². The zero-order valence-corrected chi connectivity index (χ0v) is 26.8. The Morgan fingerprint density at radius 1 is 0.689 bits per heavy atom. The van der Waals surface area contributed by atoms with Crippen LogP contribution in [0.3, 0.4) is 0 Å². The Balaban J connectivity index is 1.11. The molecule has 4 aromatic rings. The van der Waals surface area contributed by atoms with Gasteiger partial charge in [-0.2, -0.15) is 11.8 Å². The number of carboxylic acids is 2. The number of anilines is 2. The number of hydrogen-bond acceptors (Lipinski definition) is 9. The van der Waals surface area contributed by atoms with Crippen LogP contribution in [0.4, 0.5) is 10.1 Å². The Labute approximate surface area is 273 Å². The van der Waals surface area contributed by atoms with Gasteiger partial charge in [-0.3, -0.25) is 19.2 Å². The molecule has 0 saturated carbocycles. The summed E-state index contributed by atoms with van der Waals surface area (Å²) in [6, 6.07) is 21.7. The summed E-state index contributed by atoms with van der Waals surface area (Å²) in [7, 11) is 0. The zero-order valence-electron chi connectivity index (χ0n) is 24.4. The number of aromatic nitrogens is 2. The van der Waals surface area contributed by atoms with Gasteiger partial charge in [0.1, 0.15) is 5.01 Å². The Kier molecular flexibility index (Phi) is 13.1. The smallest absolute Gasteiger partial charge is 0.310 e. The molecule has 0 saturated heterocycles. The molecule has 13 heteroatoms. The average Bonchev–Trinajstić information content (AvgIpc) is 3.67. The van der Waals surface area contributed by atoms with Crippen molar-refractivity contribution in [3.8, 4) is 0 Å². The molecular weight excluding hydrogens is 633 g/mol. The highest BCUT2D eigenvalue weighted by molar-refractivity contribution is 7.99. The third-order valence-corrected chi connectivity index (χ3v) is 9.86. The maximum Gasteiger partial charge on any atom is 0.310 e. The lowest BCUT2D eigenvalue weighted by atomic mass is 9.94. The summed E-state index contributed by atoms with van der Waals surface area (Å²) in [6.07, 6.45) is 2.14. The van der Waals surface area contributed by atoms with Crippen LogP contribution in [0.5, 0.6) is 0 Å². The first-order valence-electron chi connectivity index (χ1n) is 14.4. The molecule has 10 nitrogen and oxygen atoms in total. The monoisotopic (exact) mass is 666 g/mol. The van der Waals surface area contributed by atoms with Gasteiger partial charge in [0, 0.05) is 24.1 Å². The van der Waals surface area contributed by atoms with Crippen molar-refractivity contribution in [1.29, 1.82) is 0 Å². The van der Waals surface area contributed by atoms with Gasteiger partial charge in [-0.1, -0.05) is 72.0 Å². The van der Waals surface area contributed by atoms with Gasteiger partial charge in [0.25, 0.3) is 0 Å². The molecule has 2 heterocycles. The third-order valence-electron chi connectivity index (χ3n) is 6.91. The topological polar surface area (TPSA) is 159 Å². The minimum absolute atomic E-state index is 0.0597. The SMILES string of the molecule is O=C(CCC(C(=O)O)c1ccccc1)Nc1ccc(CCSCCc2nnc(NC(=O)CCC(C(=O)O)c3ccccc3)s2)s1. The normalized spacial score (nSPS) is 12.3. The molecule has 2 atom stereocenters. The molecule has 0 radical (unpaired) electrons. The fourth-order valence-electron chi connectivity index (χ4n) is 4.59. The number of nitrogens with zero attached hydrogens (tertiary/aromatic N) is 2. The van der Waals surface area contributed by atoms with Gasteiger partial charge in [-0.25, -0.2) is 0 Å². The summed E-state index contributed by atoms with van der Waals surface area (Å²) in [5.41, 5.74) is 1.36. The molecule has 2 amide bonds. The van der Waals surface area contributed by atoms with Crippen molar-refractivity contribution in [1.82, 2.24) is 10.2 Å². The largest absolute Gasteiger partial charge is 0.481 e. The van der Waals surface area contributed by atoms with Gasteiger partial charge in [-0.15, -0.1) is 21.5 Å². The Bertz CT molecular complexity index is 1450. The van der Waals surface area contributed by atoms with Gasteiger partial charge in [0.15, 0.2) is 0 Å². The van der Waals surface area contributed by atoms with Crippen molar-refractivity contribution in [3.63, 3.8) is 0 Å². The molecule has 0 aliphatic carbocycles. The fraction of sp³-hybridized carbons (Fsp3) is 0.312. The van der Waals surface area contributed by atoms with Crippen molar-refractivity contribution in [3.05, 3.63) is 93.8 Å². The number of carbonyl (C=O) groups is 4. The second-order valence-electron chi connectivity index (χ2n) is 10.2. The number of thiophene rings is 1. The highest BCUT2D eigenvalue weighted by atomic mass is 32.2. The number of rotatable bonds is 18. The number of amides is 2. The van der Waals surface area contributed by atoms with Crippen molar-refractivity contribution < 1.29 is 29.4 Å². The highest BCUT2D eigenvalue weighted by Gasteiger charge is 2.22. The molecule has 4 N–H and O–H groups in total. The number of carboxylic acid groups (broad SMARTS) is 2. The highest BCUT2D eigenvalue weighted by Crippen LogP contribution is 2.26. The van der Waals surface area contributed by atoms with E-state index in [0.29, 0.717) is 22.7 Å². The number of benzene rings is 2. The van der Waals surface area contributed by atoms with Crippen LogP contribution in [-0.4, -0.2) is 55.7 Å². The summed E-state index contributed by atoms with van der Waals surface area (Å²) in [5, 5.41) is 34.9. The third kappa shape index (κ3) is 11.1. The molecular formula is C32H34N4O6S3. The van der Waals surface area contributed by atoms with Crippen LogP contribution in [0.15, 0.2) is 72.8 Å². The van der Waals surface area contributed by atoms with Gasteiger partial charge in [-0.05, 0) is 54.0 Å². The maximum absolute atomic E-state index is 12.5. The van der Waals surface area contributed by atoms with Gasteiger partial charge in [0.2, 0.25) is 16.9 Å². The van der Waals surface area contributed by atoms with E-state index >= 15 is 0 Å². The van der Waals surface area contributed by atoms with Gasteiger partial charge in [0.05, 0.1) is 16.8 Å². The zero-order chi connectivity index (χ0) is 32.0. The van der Waals surface area contributed by atoms with E-state index in [1.54, 1.807) is 60.3 Å². The molecule has 0 aliphatic heterocycles. The second-order valence-corrected chi connectivity index (χ2v) is 13.6. The predicted molar refractivity (Wildman–Crippen MR) is 178 cm³/mol. The van der Waals surface area contributed by atoms with E-state index in [9.17, 15) is 29.4 Å². The summed E-state index contributed by atoms with van der Waals surface area (Å²) in [5.74, 6) is -2.14. The Hall–Kier alpha value is -4.07. The van der Waals surface area contributed by atoms with Crippen molar-refractivity contribution in [2.24, 2.45) is 0 Å². The molecule has 2 aromatic heterocycles. The van der Waals surface area contributed by atoms with Crippen molar-refractivity contribution in [2.45, 2.75) is 50.4 Å². The molecule has 2 unspecified atom stereocenters. The standard InChI is InChI=1S/C32H34N4O6S3/c37-26(14-12-24(30(39)40)21-7-3-1-4-8-21)33-28-16-11-23(44-28)17-19-43-20-18-29-35-36-32(45-29)34-27(38)15-13-25(31(41)42)22-9-5-2-6-10-22/h1-11,16,24-25H,12-15,17-20H2,(H,33,37)(H,39,40)(H,41,42)(H,34,36,38). The van der Waals surface area contributed by atoms with E-state index in [0.717, 1.165) is 32.8 Å². The van der Waals surface area contributed by atoms with E-state index in [4.69, 9.17) is 0 Å². The van der Waals surface area contributed by atoms with Crippen LogP contribution in [0.2, 0.25) is 0 Å². The van der Waals surface area contributed by atoms with Crippen LogP contribution in [0.25, 0.3) is 0 Å². The van der Waals surface area contributed by atoms with Crippen LogP contribution in [0, 0.1) is 0 Å². The molecule has 0 aliphatic rings. The number of hydrogen-bond donors (Lipinski definition) is 4. The molecule has 45 heavy (non-hydrogen) atoms. The number of aryl methyl sites for hydroxylation is 2. The van der Waals surface area contributed by atoms with Crippen LogP contribution < -0.4 is 10.6 Å². The van der Waals surface area contributed by atoms with Crippen molar-refractivity contribution >= 4 is 68.3 Å². The van der Waals surface area contributed by atoms with Crippen LogP contribution in [0.1, 0.15) is 58.5 Å². The van der Waals surface area contributed by atoms with E-state index in [2.05, 4.69) is 20.8 Å². The van der Waals surface area contributed by atoms with Crippen LogP contribution in [-0.2, 0) is 32.0 Å². The minimum atomic E-state index is -0.960. The lowest BCUT2D eigenvalue weighted by Gasteiger charge is -2.12. The first-order valence-corrected chi connectivity index (χ1v) is 17.2. The number of carbonyl (C=O) groups excluding carboxylic acids is 2. The van der Waals surface area contributed by atoms with Gasteiger partial charge >= 0.3 is 11.9 Å². The lowest BCUT2D eigenvalue weighted by molar-refractivity contribution is -0.140. The molecule has 4 rings (SSSR count). The summed E-state index contributed by atoms with van der Waals surface area (Å²) in [4.78, 5) is 49.3. The molecule has 2 aromatic carbocycles. The first kappa shape index (κ1) is 33.8. The van der Waals surface area contributed by atoms with E-state index in [-0.39, 0.29) is 37.5 Å². The maximum atomic E-state index is 12.5. The second kappa shape index (κ2) is 17.4. The van der Waals surface area contributed by atoms with E-state index < -0.39 is 23.8 Å². The summed E-state index contributed by atoms with van der Waals surface area (Å²) in [6.45, 7) is 0. The van der Waals surface area contributed by atoms with E-state index in [1.165, 1.54) is 22.7 Å². The van der Waals surface area contributed by atoms with E-state index in [1.807, 2.05) is 24.3 Å². The number of aliphatic carboxylic acids is 2. The Morgan fingerprint density at radius 2 is 1.24 bits per heavy atom. The summed E-state index contributed by atoms with van der Waals surface area (Å²) < 4.78 is 0. The average molecular weight is 667 g/mol. The lowest BCUT2D eigenvalue weighted by Crippen LogP contribution is -2.17. The van der Waals surface area contributed by atoms with Crippen LogP contribution >= 0.6 is 34.4 Å². The quantitative estimate of drug-likeness (QED) is 0.0895. The molecule has 0 bridgehead atoms. The molecule has 236 valence electrons. The fourth-order valence-corrected chi connectivity index (χ4v) is 7.43. The predicted octanol–water partition coefficient (Wildman–Crippen LogP) is 6.29.